The molecule has 0 saturated carbocycles. The number of rotatable bonds is 1. The first-order chi connectivity index (χ1) is 6.48. The number of alkyl halides is 3. The number of aromatic nitrogens is 1. The normalized spacial score (nSPS) is 21.0. The van der Waals surface area contributed by atoms with E-state index in [0.29, 0.717) is 6.61 Å². The summed E-state index contributed by atoms with van der Waals surface area (Å²) in [5.41, 5.74) is -0.582. The molecule has 0 bridgehead atoms. The van der Waals surface area contributed by atoms with Crippen molar-refractivity contribution in [1.29, 1.82) is 0 Å². The first-order valence-electron chi connectivity index (χ1n) is 3.83. The summed E-state index contributed by atoms with van der Waals surface area (Å²) in [4.78, 5) is 3.76. The fourth-order valence-corrected chi connectivity index (χ4v) is 1.28. The molecule has 1 aliphatic heterocycles. The van der Waals surface area contributed by atoms with Crippen LogP contribution in [0.1, 0.15) is 17.4 Å². The van der Waals surface area contributed by atoms with E-state index < -0.39 is 11.7 Å². The highest BCUT2D eigenvalue weighted by Gasteiger charge is 2.36. The van der Waals surface area contributed by atoms with Crippen molar-refractivity contribution in [2.24, 2.45) is 0 Å². The molecule has 1 unspecified atom stereocenters. The zero-order valence-corrected chi connectivity index (χ0v) is 7.56. The first-order valence-corrected chi connectivity index (χ1v) is 4.20. The van der Waals surface area contributed by atoms with Gasteiger partial charge in [-0.1, -0.05) is 11.6 Å². The van der Waals surface area contributed by atoms with Crippen molar-refractivity contribution in [3.63, 3.8) is 0 Å². The summed E-state index contributed by atoms with van der Waals surface area (Å²) in [7, 11) is 0. The van der Waals surface area contributed by atoms with Gasteiger partial charge >= 0.3 is 6.18 Å². The molecule has 1 fully saturated rings. The largest absolute Gasteiger partial charge is 0.417 e. The van der Waals surface area contributed by atoms with Gasteiger partial charge in [0.05, 0.1) is 22.9 Å². The third-order valence-electron chi connectivity index (χ3n) is 1.85. The van der Waals surface area contributed by atoms with E-state index >= 15 is 0 Å². The van der Waals surface area contributed by atoms with E-state index in [0.717, 1.165) is 12.3 Å². The van der Waals surface area contributed by atoms with Crippen LogP contribution in [0.15, 0.2) is 12.3 Å². The second kappa shape index (κ2) is 3.10. The number of pyridine rings is 1. The van der Waals surface area contributed by atoms with Gasteiger partial charge in [-0.15, -0.1) is 0 Å². The second-order valence-corrected chi connectivity index (χ2v) is 3.32. The van der Waals surface area contributed by atoms with Crippen LogP contribution in [0.2, 0.25) is 5.02 Å². The molecule has 0 spiro atoms. The van der Waals surface area contributed by atoms with E-state index in [1.807, 2.05) is 0 Å². The van der Waals surface area contributed by atoms with Crippen LogP contribution in [0.4, 0.5) is 13.2 Å². The summed E-state index contributed by atoms with van der Waals surface area (Å²) in [5, 5.41) is -0.387. The van der Waals surface area contributed by atoms with Gasteiger partial charge in [-0.2, -0.15) is 13.2 Å². The van der Waals surface area contributed by atoms with Crippen molar-refractivity contribution in [2.45, 2.75) is 12.3 Å². The lowest BCUT2D eigenvalue weighted by atomic mass is 10.2. The van der Waals surface area contributed by atoms with Crippen molar-refractivity contribution < 1.29 is 17.9 Å². The molecule has 6 heteroatoms. The molecule has 0 aromatic carbocycles. The molecule has 0 aliphatic carbocycles. The van der Waals surface area contributed by atoms with E-state index in [-0.39, 0.29) is 16.8 Å². The highest BCUT2D eigenvalue weighted by molar-refractivity contribution is 6.31. The van der Waals surface area contributed by atoms with Crippen LogP contribution in [0, 0.1) is 0 Å². The van der Waals surface area contributed by atoms with Gasteiger partial charge in [0.25, 0.3) is 0 Å². The number of hydrogen-bond donors (Lipinski definition) is 0. The maximum atomic E-state index is 12.4. The number of ether oxygens (including phenoxy) is 1. The average Bonchev–Trinajstić information content (AvgIpc) is 2.85. The molecule has 76 valence electrons. The zero-order valence-electron chi connectivity index (χ0n) is 6.81. The van der Waals surface area contributed by atoms with E-state index in [9.17, 15) is 13.2 Å². The lowest BCUT2D eigenvalue weighted by Gasteiger charge is -2.08. The lowest BCUT2D eigenvalue weighted by molar-refractivity contribution is -0.137. The molecular formula is C8H5ClF3NO. The van der Waals surface area contributed by atoms with Gasteiger partial charge in [0, 0.05) is 6.20 Å². The summed E-state index contributed by atoms with van der Waals surface area (Å²) >= 11 is 5.38. The zero-order chi connectivity index (χ0) is 10.3. The highest BCUT2D eigenvalue weighted by Crippen LogP contribution is 2.37. The molecule has 1 aliphatic rings. The minimum Gasteiger partial charge on any atom is -0.366 e. The smallest absolute Gasteiger partial charge is 0.366 e. The van der Waals surface area contributed by atoms with Gasteiger partial charge in [0.15, 0.2) is 0 Å². The Bertz CT molecular complexity index is 362. The molecule has 2 nitrogen and oxygen atoms in total. The fraction of sp³-hybridized carbons (Fsp3) is 0.375. The molecule has 0 N–H and O–H groups in total. The van der Waals surface area contributed by atoms with Crippen LogP contribution in [0.25, 0.3) is 0 Å². The van der Waals surface area contributed by atoms with Gasteiger partial charge in [0.2, 0.25) is 0 Å². The summed E-state index contributed by atoms with van der Waals surface area (Å²) in [6.45, 7) is 0.423. The van der Waals surface area contributed by atoms with Crippen molar-refractivity contribution in [3.05, 3.63) is 28.5 Å². The first kappa shape index (κ1) is 9.73. The predicted molar refractivity (Wildman–Crippen MR) is 42.9 cm³/mol. The summed E-state index contributed by atoms with van der Waals surface area (Å²) < 4.78 is 41.9. The molecule has 14 heavy (non-hydrogen) atoms. The highest BCUT2D eigenvalue weighted by atomic mass is 35.5. The Morgan fingerprint density at radius 2 is 2.14 bits per heavy atom. The van der Waals surface area contributed by atoms with Crippen LogP contribution in [0.5, 0.6) is 0 Å². The molecule has 2 rings (SSSR count). The molecule has 0 radical (unpaired) electrons. The van der Waals surface area contributed by atoms with Gasteiger partial charge < -0.3 is 4.74 Å². The van der Waals surface area contributed by atoms with Gasteiger partial charge in [-0.3, -0.25) is 4.98 Å². The van der Waals surface area contributed by atoms with Crippen LogP contribution in [-0.2, 0) is 10.9 Å². The third kappa shape index (κ3) is 1.83. The Morgan fingerprint density at radius 3 is 2.64 bits per heavy atom. The lowest BCUT2D eigenvalue weighted by Crippen LogP contribution is -2.07. The molecule has 2 heterocycles. The Morgan fingerprint density at radius 1 is 1.50 bits per heavy atom. The summed E-state index contributed by atoms with van der Waals surface area (Å²) in [6, 6.07) is 0.931. The fourth-order valence-electron chi connectivity index (χ4n) is 1.07. The minimum atomic E-state index is -4.44. The maximum absolute atomic E-state index is 12.4. The Hall–Kier alpha value is -0.810. The molecule has 1 atom stereocenters. The number of hydrogen-bond acceptors (Lipinski definition) is 2. The molecular weight excluding hydrogens is 219 g/mol. The maximum Gasteiger partial charge on any atom is 0.417 e. The van der Waals surface area contributed by atoms with Crippen LogP contribution >= 0.6 is 11.6 Å². The van der Waals surface area contributed by atoms with Crippen LogP contribution < -0.4 is 0 Å². The SMILES string of the molecule is FC(F)(F)c1cc(C2CO2)ncc1Cl. The standard InChI is InChI=1S/C8H5ClF3NO/c9-5-2-13-6(7-3-14-7)1-4(5)8(10,11)12/h1-2,7H,3H2. The Kier molecular flexibility index (Phi) is 2.16. The Labute approximate surface area is 82.7 Å². The molecule has 1 aromatic heterocycles. The predicted octanol–water partition coefficient (Wildman–Crippen LogP) is 2.83. The minimum absolute atomic E-state index is 0.279. The molecule has 1 aromatic rings. The molecule has 0 amide bonds. The number of nitrogens with zero attached hydrogens (tertiary/aromatic N) is 1. The van der Waals surface area contributed by atoms with Gasteiger partial charge in [-0.25, -0.2) is 0 Å². The second-order valence-electron chi connectivity index (χ2n) is 2.91. The van der Waals surface area contributed by atoms with E-state index in [1.165, 1.54) is 0 Å². The van der Waals surface area contributed by atoms with Crippen molar-refractivity contribution in [3.8, 4) is 0 Å². The average molecular weight is 224 g/mol. The monoisotopic (exact) mass is 223 g/mol. The Balaban J connectivity index is 2.41. The number of halogens is 4. The summed E-state index contributed by atoms with van der Waals surface area (Å²) in [6.07, 6.45) is -3.74. The van der Waals surface area contributed by atoms with Crippen LogP contribution in [0.3, 0.4) is 0 Å². The summed E-state index contributed by atoms with van der Waals surface area (Å²) in [5.74, 6) is 0. The van der Waals surface area contributed by atoms with Crippen LogP contribution in [-0.4, -0.2) is 11.6 Å². The topological polar surface area (TPSA) is 25.4 Å². The third-order valence-corrected chi connectivity index (χ3v) is 2.15. The number of epoxide rings is 1. The van der Waals surface area contributed by atoms with E-state index in [4.69, 9.17) is 16.3 Å². The van der Waals surface area contributed by atoms with Crippen molar-refractivity contribution >= 4 is 11.6 Å². The quantitative estimate of drug-likeness (QED) is 0.684. The van der Waals surface area contributed by atoms with E-state index in [2.05, 4.69) is 4.98 Å². The van der Waals surface area contributed by atoms with Gasteiger partial charge in [0.1, 0.15) is 6.10 Å². The van der Waals surface area contributed by atoms with Crippen molar-refractivity contribution in [2.75, 3.05) is 6.61 Å². The van der Waals surface area contributed by atoms with Crippen molar-refractivity contribution in [1.82, 2.24) is 4.98 Å². The van der Waals surface area contributed by atoms with Gasteiger partial charge in [-0.05, 0) is 6.07 Å². The van der Waals surface area contributed by atoms with E-state index in [1.54, 1.807) is 0 Å². The molecule has 1 saturated heterocycles.